The molecule has 0 fully saturated rings. The summed E-state index contributed by atoms with van der Waals surface area (Å²) in [5, 5.41) is 0.594. The Morgan fingerprint density at radius 3 is 2.92 bits per heavy atom. The Hall–Kier alpha value is -1.35. The summed E-state index contributed by atoms with van der Waals surface area (Å²) in [6.45, 7) is 0. The molecule has 1 aromatic carbocycles. The molecule has 0 atom stereocenters. The Morgan fingerprint density at radius 2 is 2.15 bits per heavy atom. The number of benzene rings is 1. The lowest BCUT2D eigenvalue weighted by Gasteiger charge is -1.97. The maximum Gasteiger partial charge on any atom is 0.258 e. The van der Waals surface area contributed by atoms with Gasteiger partial charge in [-0.3, -0.25) is 4.79 Å². The Balaban J connectivity index is 2.85. The summed E-state index contributed by atoms with van der Waals surface area (Å²) in [4.78, 5) is 18.2. The molecule has 2 rings (SSSR count). The minimum absolute atomic E-state index is 0.138. The SMILES string of the molecule is O=c1[nH]c(CCl)nc2ccccc12. The Kier molecular flexibility index (Phi) is 2.02. The first-order chi connectivity index (χ1) is 6.31. The Bertz CT molecular complexity index is 492. The van der Waals surface area contributed by atoms with E-state index in [1.807, 2.05) is 6.07 Å². The van der Waals surface area contributed by atoms with Gasteiger partial charge < -0.3 is 4.98 Å². The molecular weight excluding hydrogens is 188 g/mol. The second kappa shape index (κ2) is 3.18. The molecule has 0 aliphatic rings. The summed E-state index contributed by atoms with van der Waals surface area (Å²) in [6, 6.07) is 7.17. The van der Waals surface area contributed by atoms with Gasteiger partial charge in [0.05, 0.1) is 16.8 Å². The second-order valence-electron chi connectivity index (χ2n) is 2.66. The van der Waals surface area contributed by atoms with Crippen LogP contribution in [0.1, 0.15) is 5.82 Å². The van der Waals surface area contributed by atoms with Crippen LogP contribution in [-0.2, 0) is 5.88 Å². The molecule has 2 aromatic rings. The van der Waals surface area contributed by atoms with Crippen LogP contribution in [0.25, 0.3) is 10.9 Å². The number of alkyl halides is 1. The molecule has 1 heterocycles. The van der Waals surface area contributed by atoms with Crippen LogP contribution in [-0.4, -0.2) is 9.97 Å². The fraction of sp³-hybridized carbons (Fsp3) is 0.111. The lowest BCUT2D eigenvalue weighted by molar-refractivity contribution is 1.04. The van der Waals surface area contributed by atoms with E-state index in [-0.39, 0.29) is 11.4 Å². The highest BCUT2D eigenvalue weighted by Crippen LogP contribution is 2.06. The van der Waals surface area contributed by atoms with Gasteiger partial charge in [-0.2, -0.15) is 0 Å². The van der Waals surface area contributed by atoms with Gasteiger partial charge in [0.25, 0.3) is 5.56 Å². The van der Waals surface area contributed by atoms with Crippen LogP contribution in [0.5, 0.6) is 0 Å². The van der Waals surface area contributed by atoms with Crippen LogP contribution in [0.3, 0.4) is 0 Å². The zero-order valence-electron chi connectivity index (χ0n) is 6.75. The molecule has 0 radical (unpaired) electrons. The number of para-hydroxylation sites is 1. The molecule has 1 aromatic heterocycles. The predicted molar refractivity (Wildman–Crippen MR) is 51.9 cm³/mol. The maximum atomic E-state index is 11.4. The third-order valence-electron chi connectivity index (χ3n) is 1.79. The third kappa shape index (κ3) is 1.42. The van der Waals surface area contributed by atoms with Gasteiger partial charge in [-0.25, -0.2) is 4.98 Å². The summed E-state index contributed by atoms with van der Waals surface area (Å²) >= 11 is 5.57. The normalized spacial score (nSPS) is 10.5. The van der Waals surface area contributed by atoms with Crippen molar-refractivity contribution in [2.75, 3.05) is 0 Å². The summed E-state index contributed by atoms with van der Waals surface area (Å²) in [5.74, 6) is 0.727. The van der Waals surface area contributed by atoms with E-state index >= 15 is 0 Å². The molecule has 13 heavy (non-hydrogen) atoms. The van der Waals surface area contributed by atoms with Crippen molar-refractivity contribution in [2.45, 2.75) is 5.88 Å². The first-order valence-corrected chi connectivity index (χ1v) is 4.38. The van der Waals surface area contributed by atoms with Gasteiger partial charge in [0.2, 0.25) is 0 Å². The van der Waals surface area contributed by atoms with Crippen molar-refractivity contribution >= 4 is 22.5 Å². The summed E-state index contributed by atoms with van der Waals surface area (Å²) in [7, 11) is 0. The molecule has 0 unspecified atom stereocenters. The van der Waals surface area contributed by atoms with Gasteiger partial charge in [0.1, 0.15) is 5.82 Å². The number of fused-ring (bicyclic) bond motifs is 1. The number of nitrogens with one attached hydrogen (secondary N) is 1. The summed E-state index contributed by atoms with van der Waals surface area (Å²) < 4.78 is 0. The third-order valence-corrected chi connectivity index (χ3v) is 2.04. The van der Waals surface area contributed by atoms with Gasteiger partial charge in [-0.1, -0.05) is 12.1 Å². The number of aromatic nitrogens is 2. The van der Waals surface area contributed by atoms with Crippen LogP contribution in [0.4, 0.5) is 0 Å². The Labute approximate surface area is 79.4 Å². The monoisotopic (exact) mass is 194 g/mol. The van der Waals surface area contributed by atoms with Crippen LogP contribution < -0.4 is 5.56 Å². The van der Waals surface area contributed by atoms with Gasteiger partial charge in [-0.15, -0.1) is 11.6 Å². The molecule has 0 bridgehead atoms. The fourth-order valence-corrected chi connectivity index (χ4v) is 1.32. The van der Waals surface area contributed by atoms with E-state index in [1.54, 1.807) is 18.2 Å². The second-order valence-corrected chi connectivity index (χ2v) is 2.93. The van der Waals surface area contributed by atoms with E-state index in [0.717, 1.165) is 0 Å². The lowest BCUT2D eigenvalue weighted by Crippen LogP contribution is -2.10. The molecule has 66 valence electrons. The van der Waals surface area contributed by atoms with Crippen LogP contribution in [0.15, 0.2) is 29.1 Å². The van der Waals surface area contributed by atoms with Gasteiger partial charge in [0, 0.05) is 0 Å². The number of nitrogens with zero attached hydrogens (tertiary/aromatic N) is 1. The molecule has 1 N–H and O–H groups in total. The fourth-order valence-electron chi connectivity index (χ4n) is 1.20. The van der Waals surface area contributed by atoms with Crippen molar-refractivity contribution in [1.29, 1.82) is 0 Å². The molecule has 0 aliphatic heterocycles. The topological polar surface area (TPSA) is 45.8 Å². The van der Waals surface area contributed by atoms with E-state index in [2.05, 4.69) is 9.97 Å². The van der Waals surface area contributed by atoms with Crippen molar-refractivity contribution in [1.82, 2.24) is 9.97 Å². The Morgan fingerprint density at radius 1 is 1.38 bits per heavy atom. The highest BCUT2D eigenvalue weighted by molar-refractivity contribution is 6.16. The number of rotatable bonds is 1. The van der Waals surface area contributed by atoms with Crippen LogP contribution in [0, 0.1) is 0 Å². The molecule has 0 spiro atoms. The molecular formula is C9H7ClN2O. The average Bonchev–Trinajstić information content (AvgIpc) is 2.18. The van der Waals surface area contributed by atoms with Crippen molar-refractivity contribution < 1.29 is 0 Å². The van der Waals surface area contributed by atoms with Crippen LogP contribution >= 0.6 is 11.6 Å². The lowest BCUT2D eigenvalue weighted by atomic mass is 10.2. The van der Waals surface area contributed by atoms with Gasteiger partial charge in [-0.05, 0) is 12.1 Å². The quantitative estimate of drug-likeness (QED) is 0.702. The van der Waals surface area contributed by atoms with Crippen molar-refractivity contribution in [3.63, 3.8) is 0 Å². The van der Waals surface area contributed by atoms with E-state index in [0.29, 0.717) is 16.7 Å². The number of H-pyrrole nitrogens is 1. The summed E-state index contributed by atoms with van der Waals surface area (Å²) in [6.07, 6.45) is 0. The molecule has 0 aliphatic carbocycles. The van der Waals surface area contributed by atoms with Gasteiger partial charge in [0.15, 0.2) is 0 Å². The van der Waals surface area contributed by atoms with E-state index in [4.69, 9.17) is 11.6 Å². The summed E-state index contributed by atoms with van der Waals surface area (Å²) in [5.41, 5.74) is 0.545. The zero-order chi connectivity index (χ0) is 9.26. The molecule has 4 heteroatoms. The number of halogens is 1. The van der Waals surface area contributed by atoms with E-state index in [1.165, 1.54) is 0 Å². The molecule has 0 amide bonds. The van der Waals surface area contributed by atoms with Gasteiger partial charge >= 0.3 is 0 Å². The predicted octanol–water partition coefficient (Wildman–Crippen LogP) is 1.66. The molecule has 3 nitrogen and oxygen atoms in total. The van der Waals surface area contributed by atoms with Crippen molar-refractivity contribution in [3.05, 3.63) is 40.4 Å². The zero-order valence-corrected chi connectivity index (χ0v) is 7.51. The van der Waals surface area contributed by atoms with Crippen molar-refractivity contribution in [3.8, 4) is 0 Å². The minimum Gasteiger partial charge on any atom is -0.309 e. The molecule has 0 saturated heterocycles. The van der Waals surface area contributed by atoms with E-state index in [9.17, 15) is 4.79 Å². The highest BCUT2D eigenvalue weighted by Gasteiger charge is 2.00. The number of aromatic amines is 1. The first-order valence-electron chi connectivity index (χ1n) is 3.85. The molecule has 0 saturated carbocycles. The average molecular weight is 195 g/mol. The van der Waals surface area contributed by atoms with E-state index < -0.39 is 0 Å². The van der Waals surface area contributed by atoms with Crippen molar-refractivity contribution in [2.24, 2.45) is 0 Å². The number of hydrogen-bond acceptors (Lipinski definition) is 2. The largest absolute Gasteiger partial charge is 0.309 e. The standard InChI is InChI=1S/C9H7ClN2O/c10-5-8-11-7-4-2-1-3-6(7)9(13)12-8/h1-4H,5H2,(H,11,12,13). The minimum atomic E-state index is -0.138. The number of hydrogen-bond donors (Lipinski definition) is 1. The first kappa shape index (κ1) is 8.26. The van der Waals surface area contributed by atoms with Crippen LogP contribution in [0.2, 0.25) is 0 Å². The smallest absolute Gasteiger partial charge is 0.258 e. The highest BCUT2D eigenvalue weighted by atomic mass is 35.5. The maximum absolute atomic E-state index is 11.4.